The fourth-order valence-electron chi connectivity index (χ4n) is 2.78. The number of hydrogen-bond acceptors (Lipinski definition) is 2. The molecule has 2 unspecified atom stereocenters. The minimum absolute atomic E-state index is 0.0758. The van der Waals surface area contributed by atoms with E-state index in [0.29, 0.717) is 12.1 Å². The third-order valence-electron chi connectivity index (χ3n) is 4.05. The maximum Gasteiger partial charge on any atom is 0.0693 e. The quantitative estimate of drug-likeness (QED) is 0.724. The summed E-state index contributed by atoms with van der Waals surface area (Å²) in [6.45, 7) is 4.62. The molecule has 0 aliphatic heterocycles. The van der Waals surface area contributed by atoms with Crippen LogP contribution in [0.2, 0.25) is 0 Å². The number of nitrogens with one attached hydrogen (secondary N) is 1. The molecule has 2 N–H and O–H groups in total. The smallest absolute Gasteiger partial charge is 0.0693 e. The van der Waals surface area contributed by atoms with Crippen LogP contribution >= 0.6 is 0 Å². The first-order valence-corrected chi connectivity index (χ1v) is 6.11. The first-order valence-electron chi connectivity index (χ1n) is 6.11. The minimum Gasteiger partial charge on any atom is -0.392 e. The Hall–Kier alpha value is -0.0800. The van der Waals surface area contributed by atoms with Crippen LogP contribution in [0.5, 0.6) is 0 Å². The molecule has 2 atom stereocenters. The van der Waals surface area contributed by atoms with Gasteiger partial charge in [-0.05, 0) is 43.9 Å². The summed E-state index contributed by atoms with van der Waals surface area (Å²) in [6, 6.07) is 1.09. The van der Waals surface area contributed by atoms with E-state index in [1.165, 1.54) is 25.7 Å². The van der Waals surface area contributed by atoms with Crippen LogP contribution in [0.3, 0.4) is 0 Å². The second-order valence-electron chi connectivity index (χ2n) is 5.44. The highest BCUT2D eigenvalue weighted by atomic mass is 16.3. The summed E-state index contributed by atoms with van der Waals surface area (Å²) >= 11 is 0. The molecule has 0 aromatic rings. The van der Waals surface area contributed by atoms with Gasteiger partial charge in [0.05, 0.1) is 6.10 Å². The lowest BCUT2D eigenvalue weighted by atomic mass is 9.73. The van der Waals surface area contributed by atoms with Crippen LogP contribution in [0.4, 0.5) is 0 Å². The van der Waals surface area contributed by atoms with Crippen molar-refractivity contribution in [3.05, 3.63) is 0 Å². The predicted octanol–water partition coefficient (Wildman–Crippen LogP) is 1.92. The third-order valence-corrected chi connectivity index (χ3v) is 4.05. The normalized spacial score (nSPS) is 42.9. The van der Waals surface area contributed by atoms with Crippen molar-refractivity contribution in [2.45, 2.75) is 64.1 Å². The molecule has 2 rings (SSSR count). The Morgan fingerprint density at radius 1 is 1.21 bits per heavy atom. The van der Waals surface area contributed by atoms with Crippen molar-refractivity contribution in [3.8, 4) is 0 Å². The monoisotopic (exact) mass is 197 g/mol. The summed E-state index contributed by atoms with van der Waals surface area (Å²) < 4.78 is 0. The maximum atomic E-state index is 9.67. The molecule has 2 heteroatoms. The molecule has 2 aliphatic carbocycles. The van der Waals surface area contributed by atoms with E-state index in [0.717, 1.165) is 18.3 Å². The Kier molecular flexibility index (Phi) is 3.13. The van der Waals surface area contributed by atoms with E-state index in [4.69, 9.17) is 0 Å². The first kappa shape index (κ1) is 10.4. The summed E-state index contributed by atoms with van der Waals surface area (Å²) in [5, 5.41) is 13.3. The SMILES string of the molecule is CC(C)C1CC(NC2CCCC2O)C1. The summed E-state index contributed by atoms with van der Waals surface area (Å²) in [7, 11) is 0. The van der Waals surface area contributed by atoms with Crippen molar-refractivity contribution >= 4 is 0 Å². The number of hydrogen-bond donors (Lipinski definition) is 2. The highest BCUT2D eigenvalue weighted by Gasteiger charge is 2.35. The predicted molar refractivity (Wildman–Crippen MR) is 58.1 cm³/mol. The van der Waals surface area contributed by atoms with E-state index in [2.05, 4.69) is 19.2 Å². The van der Waals surface area contributed by atoms with Gasteiger partial charge < -0.3 is 10.4 Å². The lowest BCUT2D eigenvalue weighted by molar-refractivity contribution is 0.105. The molecular formula is C12H23NO. The lowest BCUT2D eigenvalue weighted by Gasteiger charge is -2.40. The second kappa shape index (κ2) is 4.19. The molecule has 2 nitrogen and oxygen atoms in total. The van der Waals surface area contributed by atoms with Crippen LogP contribution in [0.1, 0.15) is 46.0 Å². The van der Waals surface area contributed by atoms with E-state index in [9.17, 15) is 5.11 Å². The Morgan fingerprint density at radius 2 is 1.93 bits per heavy atom. The molecule has 0 saturated heterocycles. The van der Waals surface area contributed by atoms with Gasteiger partial charge in [-0.1, -0.05) is 13.8 Å². The van der Waals surface area contributed by atoms with Crippen LogP contribution in [0, 0.1) is 11.8 Å². The molecular weight excluding hydrogens is 174 g/mol. The molecule has 0 spiro atoms. The number of aliphatic hydroxyl groups is 1. The van der Waals surface area contributed by atoms with E-state index in [-0.39, 0.29) is 6.10 Å². The van der Waals surface area contributed by atoms with Gasteiger partial charge in [-0.25, -0.2) is 0 Å². The van der Waals surface area contributed by atoms with E-state index < -0.39 is 0 Å². The molecule has 0 bridgehead atoms. The van der Waals surface area contributed by atoms with Crippen molar-refractivity contribution in [2.75, 3.05) is 0 Å². The van der Waals surface area contributed by atoms with Crippen LogP contribution in [0.15, 0.2) is 0 Å². The molecule has 0 heterocycles. The molecule has 0 aromatic heterocycles. The van der Waals surface area contributed by atoms with Crippen molar-refractivity contribution in [3.63, 3.8) is 0 Å². The number of rotatable bonds is 3. The van der Waals surface area contributed by atoms with Crippen molar-refractivity contribution in [1.29, 1.82) is 0 Å². The lowest BCUT2D eigenvalue weighted by Crippen LogP contribution is -2.49. The number of aliphatic hydroxyl groups excluding tert-OH is 1. The summed E-state index contributed by atoms with van der Waals surface area (Å²) in [5.74, 6) is 1.76. The van der Waals surface area contributed by atoms with Gasteiger partial charge in [-0.2, -0.15) is 0 Å². The molecule has 2 fully saturated rings. The molecule has 2 saturated carbocycles. The molecule has 2 aliphatic rings. The van der Waals surface area contributed by atoms with Gasteiger partial charge in [0.2, 0.25) is 0 Å². The summed E-state index contributed by atoms with van der Waals surface area (Å²) in [4.78, 5) is 0. The first-order chi connectivity index (χ1) is 6.66. The Bertz CT molecular complexity index is 187. The Labute approximate surface area is 87.1 Å². The maximum absolute atomic E-state index is 9.67. The zero-order chi connectivity index (χ0) is 10.1. The summed E-state index contributed by atoms with van der Waals surface area (Å²) in [6.07, 6.45) is 5.93. The average Bonchev–Trinajstić information content (AvgIpc) is 2.42. The Balaban J connectivity index is 1.68. The van der Waals surface area contributed by atoms with Gasteiger partial charge in [0.1, 0.15) is 0 Å². The van der Waals surface area contributed by atoms with Crippen molar-refractivity contribution in [2.24, 2.45) is 11.8 Å². The van der Waals surface area contributed by atoms with Gasteiger partial charge in [0, 0.05) is 12.1 Å². The standard InChI is InChI=1S/C12H23NO/c1-8(2)9-6-10(7-9)13-11-4-3-5-12(11)14/h8-14H,3-7H2,1-2H3. The fourth-order valence-corrected chi connectivity index (χ4v) is 2.78. The van der Waals surface area contributed by atoms with Crippen molar-refractivity contribution in [1.82, 2.24) is 5.32 Å². The largest absolute Gasteiger partial charge is 0.392 e. The molecule has 14 heavy (non-hydrogen) atoms. The van der Waals surface area contributed by atoms with Gasteiger partial charge in [-0.15, -0.1) is 0 Å². The van der Waals surface area contributed by atoms with E-state index in [1.807, 2.05) is 0 Å². The van der Waals surface area contributed by atoms with Crippen LogP contribution in [0.25, 0.3) is 0 Å². The van der Waals surface area contributed by atoms with Crippen molar-refractivity contribution < 1.29 is 5.11 Å². The topological polar surface area (TPSA) is 32.3 Å². The van der Waals surface area contributed by atoms with E-state index in [1.54, 1.807) is 0 Å². The molecule has 82 valence electrons. The zero-order valence-electron chi connectivity index (χ0n) is 9.37. The highest BCUT2D eigenvalue weighted by Crippen LogP contribution is 2.34. The van der Waals surface area contributed by atoms with E-state index >= 15 is 0 Å². The second-order valence-corrected chi connectivity index (χ2v) is 5.44. The third kappa shape index (κ3) is 2.12. The summed E-state index contributed by atoms with van der Waals surface area (Å²) in [5.41, 5.74) is 0. The minimum atomic E-state index is -0.0758. The Morgan fingerprint density at radius 3 is 2.43 bits per heavy atom. The average molecular weight is 197 g/mol. The van der Waals surface area contributed by atoms with Crippen LogP contribution in [-0.4, -0.2) is 23.3 Å². The molecule has 0 radical (unpaired) electrons. The molecule has 0 amide bonds. The fraction of sp³-hybridized carbons (Fsp3) is 1.00. The van der Waals surface area contributed by atoms with Gasteiger partial charge >= 0.3 is 0 Å². The van der Waals surface area contributed by atoms with Gasteiger partial charge in [-0.3, -0.25) is 0 Å². The van der Waals surface area contributed by atoms with Gasteiger partial charge in [0.15, 0.2) is 0 Å². The van der Waals surface area contributed by atoms with Crippen LogP contribution < -0.4 is 5.32 Å². The van der Waals surface area contributed by atoms with Gasteiger partial charge in [0.25, 0.3) is 0 Å². The van der Waals surface area contributed by atoms with Crippen LogP contribution in [-0.2, 0) is 0 Å². The highest BCUT2D eigenvalue weighted by molar-refractivity contribution is 4.92. The zero-order valence-corrected chi connectivity index (χ0v) is 9.37. The molecule has 0 aromatic carbocycles.